The van der Waals surface area contributed by atoms with Gasteiger partial charge < -0.3 is 4.57 Å². The van der Waals surface area contributed by atoms with Crippen molar-refractivity contribution in [3.8, 4) is 0 Å². The lowest BCUT2D eigenvalue weighted by Gasteiger charge is -1.93. The average Bonchev–Trinajstić information content (AvgIpc) is 2.87. The van der Waals surface area contributed by atoms with Gasteiger partial charge in [0.15, 0.2) is 0 Å². The summed E-state index contributed by atoms with van der Waals surface area (Å²) in [6, 6.07) is 0. The number of allylic oxidation sites excluding steroid dienone is 2. The molecule has 3 nitrogen and oxygen atoms in total. The van der Waals surface area contributed by atoms with E-state index in [9.17, 15) is 0 Å². The van der Waals surface area contributed by atoms with Crippen molar-refractivity contribution >= 4 is 30.1 Å². The van der Waals surface area contributed by atoms with Crippen LogP contribution in [-0.2, 0) is 7.05 Å². The second-order valence-corrected chi connectivity index (χ2v) is 4.24. The maximum Gasteiger partial charge on any atom is 0.215 e. The smallest absolute Gasteiger partial charge is 0.215 e. The molecule has 0 saturated heterocycles. The second-order valence-electron chi connectivity index (χ2n) is 4.24. The third kappa shape index (κ3) is 1.87. The molecule has 0 aromatic carbocycles. The fourth-order valence-electron chi connectivity index (χ4n) is 2.36. The van der Waals surface area contributed by atoms with Gasteiger partial charge in [-0.25, -0.2) is 4.98 Å². The van der Waals surface area contributed by atoms with Crippen molar-refractivity contribution in [2.45, 2.75) is 13.8 Å². The van der Waals surface area contributed by atoms with Gasteiger partial charge in [0, 0.05) is 7.05 Å². The molecule has 0 aliphatic rings. The van der Waals surface area contributed by atoms with E-state index in [0.29, 0.717) is 0 Å². The molecule has 2 aromatic heterocycles. The molecule has 19 heavy (non-hydrogen) atoms. The summed E-state index contributed by atoms with van der Waals surface area (Å²) in [5.41, 5.74) is 1.96. The molecule has 0 atom stereocenters. The fraction of sp³-hybridized carbons (Fsp3) is 0.188. The third-order valence-electron chi connectivity index (χ3n) is 3.16. The van der Waals surface area contributed by atoms with E-state index >= 15 is 0 Å². The van der Waals surface area contributed by atoms with Gasteiger partial charge in [0.25, 0.3) is 0 Å². The van der Waals surface area contributed by atoms with Gasteiger partial charge in [-0.05, 0) is 32.1 Å². The molecule has 0 fully saturated rings. The van der Waals surface area contributed by atoms with Crippen LogP contribution in [0.2, 0.25) is 0 Å². The van der Waals surface area contributed by atoms with Crippen molar-refractivity contribution in [1.29, 1.82) is 0 Å². The Morgan fingerprint density at radius 3 is 2.42 bits per heavy atom. The predicted octanol–water partition coefficient (Wildman–Crippen LogP) is 2.12. The molecule has 0 aliphatic heterocycles. The van der Waals surface area contributed by atoms with Crippen LogP contribution in [0.15, 0.2) is 25.3 Å². The Hall–Kier alpha value is -2.29. The number of fused-ring (bicyclic) bond motifs is 1. The van der Waals surface area contributed by atoms with E-state index in [1.165, 1.54) is 0 Å². The van der Waals surface area contributed by atoms with Gasteiger partial charge in [0.05, 0.1) is 22.1 Å². The van der Waals surface area contributed by atoms with Crippen LogP contribution in [0.3, 0.4) is 0 Å². The number of nitrogens with zero attached hydrogens (tertiary/aromatic N) is 3. The zero-order valence-electron chi connectivity index (χ0n) is 11.7. The number of aryl methyl sites for hydroxylation is 1. The minimum atomic E-state index is 0.907. The van der Waals surface area contributed by atoms with E-state index in [-0.39, 0.29) is 0 Å². The van der Waals surface area contributed by atoms with Crippen LogP contribution in [0.25, 0.3) is 30.1 Å². The van der Waals surface area contributed by atoms with Crippen molar-refractivity contribution in [2.24, 2.45) is 7.05 Å². The number of rotatable bonds is 3. The zero-order chi connectivity index (χ0) is 14.0. The second kappa shape index (κ2) is 5.14. The number of hydrogen-bond donors (Lipinski definition) is 0. The molecule has 2 heterocycles. The van der Waals surface area contributed by atoms with Crippen LogP contribution in [0, 0.1) is 0 Å². The summed E-state index contributed by atoms with van der Waals surface area (Å²) in [5, 5.41) is 2.20. The SMILES string of the molecule is C=C/C=c1\c(=C/C)n2c(C=C)c(/C=C\C)nc2n1C. The van der Waals surface area contributed by atoms with Gasteiger partial charge in [-0.15, -0.1) is 0 Å². The number of hydrogen-bond acceptors (Lipinski definition) is 1. The molecule has 3 heteroatoms. The molecule has 0 saturated carbocycles. The first-order valence-electron chi connectivity index (χ1n) is 6.31. The highest BCUT2D eigenvalue weighted by Gasteiger charge is 2.12. The molecule has 0 aliphatic carbocycles. The van der Waals surface area contributed by atoms with Gasteiger partial charge in [-0.1, -0.05) is 31.4 Å². The minimum Gasteiger partial charge on any atom is -0.313 e. The molecule has 2 aromatic rings. The fourth-order valence-corrected chi connectivity index (χ4v) is 2.36. The summed E-state index contributed by atoms with van der Waals surface area (Å²) in [6.07, 6.45) is 11.7. The third-order valence-corrected chi connectivity index (χ3v) is 3.16. The summed E-state index contributed by atoms with van der Waals surface area (Å²) in [4.78, 5) is 4.68. The summed E-state index contributed by atoms with van der Waals surface area (Å²) in [5.74, 6) is 0.907. The topological polar surface area (TPSA) is 22.2 Å². The molecular formula is C16H19N3. The van der Waals surface area contributed by atoms with Gasteiger partial charge in [0.2, 0.25) is 5.78 Å². The summed E-state index contributed by atoms with van der Waals surface area (Å²) in [7, 11) is 2.01. The van der Waals surface area contributed by atoms with E-state index in [2.05, 4.69) is 33.2 Å². The van der Waals surface area contributed by atoms with Crippen LogP contribution in [0.5, 0.6) is 0 Å². The predicted molar refractivity (Wildman–Crippen MR) is 83.0 cm³/mol. The first-order valence-corrected chi connectivity index (χ1v) is 6.31. The normalized spacial score (nSPS) is 13.8. The quantitative estimate of drug-likeness (QED) is 0.821. The molecule has 0 bridgehead atoms. The van der Waals surface area contributed by atoms with Crippen molar-refractivity contribution in [1.82, 2.24) is 14.0 Å². The molecule has 0 unspecified atom stereocenters. The number of aromatic nitrogens is 3. The maximum atomic E-state index is 4.68. The highest BCUT2D eigenvalue weighted by molar-refractivity contribution is 5.64. The average molecular weight is 253 g/mol. The standard InChI is InChI=1S/C16H19N3/c1-6-10-12-13(8-3)19-14(9-4)15(11-7-2)18(5)16(19)17-12/h6-11H,2-3H2,1,4-5H3/b10-6-,14-9+,15-11+. The molecular weight excluding hydrogens is 234 g/mol. The number of imidazole rings is 2. The van der Waals surface area contributed by atoms with Gasteiger partial charge in [0.1, 0.15) is 0 Å². The van der Waals surface area contributed by atoms with Gasteiger partial charge >= 0.3 is 0 Å². The molecule has 0 amide bonds. The first kappa shape index (κ1) is 13.1. The Balaban J connectivity index is 3.08. The molecule has 2 rings (SSSR count). The lowest BCUT2D eigenvalue weighted by molar-refractivity contribution is 0.905. The van der Waals surface area contributed by atoms with E-state index in [4.69, 9.17) is 0 Å². The van der Waals surface area contributed by atoms with Gasteiger partial charge in [-0.2, -0.15) is 0 Å². The summed E-state index contributed by atoms with van der Waals surface area (Å²) in [6.45, 7) is 11.7. The largest absolute Gasteiger partial charge is 0.313 e. The Morgan fingerprint density at radius 1 is 1.16 bits per heavy atom. The van der Waals surface area contributed by atoms with Crippen LogP contribution >= 0.6 is 0 Å². The van der Waals surface area contributed by atoms with Crippen molar-refractivity contribution < 1.29 is 0 Å². The minimum absolute atomic E-state index is 0.907. The molecule has 0 spiro atoms. The summed E-state index contributed by atoms with van der Waals surface area (Å²) < 4.78 is 4.19. The molecule has 0 N–H and O–H groups in total. The van der Waals surface area contributed by atoms with Crippen molar-refractivity contribution in [2.75, 3.05) is 0 Å². The Morgan fingerprint density at radius 2 is 1.89 bits per heavy atom. The zero-order valence-corrected chi connectivity index (χ0v) is 11.7. The highest BCUT2D eigenvalue weighted by atomic mass is 15.2. The Bertz CT molecular complexity index is 782. The van der Waals surface area contributed by atoms with E-state index in [0.717, 1.165) is 27.9 Å². The van der Waals surface area contributed by atoms with Crippen LogP contribution in [0.4, 0.5) is 0 Å². The Labute approximate surface area is 113 Å². The summed E-state index contributed by atoms with van der Waals surface area (Å²) >= 11 is 0. The van der Waals surface area contributed by atoms with E-state index in [1.807, 2.05) is 45.2 Å². The first-order chi connectivity index (χ1) is 9.19. The molecule has 98 valence electrons. The van der Waals surface area contributed by atoms with E-state index < -0.39 is 0 Å². The molecule has 0 radical (unpaired) electrons. The van der Waals surface area contributed by atoms with Crippen molar-refractivity contribution in [3.05, 3.63) is 47.4 Å². The van der Waals surface area contributed by atoms with Crippen LogP contribution in [-0.4, -0.2) is 14.0 Å². The highest BCUT2D eigenvalue weighted by Crippen LogP contribution is 2.12. The maximum absolute atomic E-state index is 4.68. The van der Waals surface area contributed by atoms with Crippen molar-refractivity contribution in [3.63, 3.8) is 0 Å². The Kier molecular flexibility index (Phi) is 3.56. The van der Waals surface area contributed by atoms with Gasteiger partial charge in [-0.3, -0.25) is 4.40 Å². The lowest BCUT2D eigenvalue weighted by atomic mass is 10.3. The van der Waals surface area contributed by atoms with E-state index in [1.54, 1.807) is 6.08 Å². The van der Waals surface area contributed by atoms with Crippen LogP contribution in [0.1, 0.15) is 25.2 Å². The van der Waals surface area contributed by atoms with Crippen LogP contribution < -0.4 is 10.7 Å². The lowest BCUT2D eigenvalue weighted by Crippen LogP contribution is -2.30. The monoisotopic (exact) mass is 253 g/mol.